The summed E-state index contributed by atoms with van der Waals surface area (Å²) in [6, 6.07) is 19.1. The summed E-state index contributed by atoms with van der Waals surface area (Å²) in [5.74, 6) is -0.561. The molecule has 0 aromatic heterocycles. The van der Waals surface area contributed by atoms with Gasteiger partial charge in [-0.1, -0.05) is 60.7 Å². The van der Waals surface area contributed by atoms with Crippen molar-refractivity contribution in [2.45, 2.75) is 19.1 Å². The summed E-state index contributed by atoms with van der Waals surface area (Å²) in [6.45, 7) is 1.56. The summed E-state index contributed by atoms with van der Waals surface area (Å²) in [7, 11) is 1.71. The minimum atomic E-state index is -0.477. The molecule has 1 aliphatic rings. The number of amides is 1. The van der Waals surface area contributed by atoms with E-state index in [1.54, 1.807) is 11.9 Å². The molecule has 25 heavy (non-hydrogen) atoms. The number of carbonyl (C=O) groups is 2. The van der Waals surface area contributed by atoms with Crippen LogP contribution in [0, 0.1) is 5.92 Å². The van der Waals surface area contributed by atoms with Crippen LogP contribution in [0.15, 0.2) is 60.7 Å². The average molecular weight is 339 g/mol. The molecular formula is C20H21NO4. The second kappa shape index (κ2) is 7.38. The fraction of sp³-hybridized carbons (Fsp3) is 0.300. The predicted molar refractivity (Wildman–Crippen MR) is 92.7 cm³/mol. The highest BCUT2D eigenvalue weighted by molar-refractivity contribution is 5.70. The molecular weight excluding hydrogens is 318 g/mol. The van der Waals surface area contributed by atoms with E-state index in [0.29, 0.717) is 0 Å². The molecule has 1 amide bonds. The van der Waals surface area contributed by atoms with Crippen molar-refractivity contribution in [1.29, 1.82) is 0 Å². The first kappa shape index (κ1) is 17.0. The van der Waals surface area contributed by atoms with Gasteiger partial charge in [-0.2, -0.15) is 0 Å². The van der Waals surface area contributed by atoms with Gasteiger partial charge in [-0.3, -0.25) is 4.79 Å². The molecule has 0 bridgehead atoms. The number of carbonyl (C=O) groups excluding carboxylic acids is 2. The molecule has 1 aliphatic heterocycles. The lowest BCUT2D eigenvalue weighted by Crippen LogP contribution is -2.46. The van der Waals surface area contributed by atoms with Gasteiger partial charge in [-0.05, 0) is 11.1 Å². The monoisotopic (exact) mass is 339 g/mol. The van der Waals surface area contributed by atoms with Crippen molar-refractivity contribution in [2.24, 2.45) is 5.92 Å². The largest absolute Gasteiger partial charge is 0.465 e. The zero-order chi connectivity index (χ0) is 17.8. The maximum absolute atomic E-state index is 12.4. The fourth-order valence-corrected chi connectivity index (χ4v) is 3.32. The van der Waals surface area contributed by atoms with Gasteiger partial charge in [0.25, 0.3) is 0 Å². The van der Waals surface area contributed by atoms with Crippen LogP contribution >= 0.6 is 0 Å². The zero-order valence-corrected chi connectivity index (χ0v) is 14.3. The van der Waals surface area contributed by atoms with Gasteiger partial charge in [0.15, 0.2) is 0 Å². The summed E-state index contributed by atoms with van der Waals surface area (Å²) in [4.78, 5) is 25.4. The molecule has 3 unspecified atom stereocenters. The molecule has 3 rings (SSSR count). The van der Waals surface area contributed by atoms with Crippen LogP contribution in [0.3, 0.4) is 0 Å². The van der Waals surface area contributed by atoms with Crippen molar-refractivity contribution in [2.75, 3.05) is 13.7 Å². The van der Waals surface area contributed by atoms with E-state index < -0.39 is 6.10 Å². The number of cyclic esters (lactones) is 1. The van der Waals surface area contributed by atoms with E-state index in [9.17, 15) is 9.59 Å². The van der Waals surface area contributed by atoms with Crippen LogP contribution < -0.4 is 0 Å². The Morgan fingerprint density at radius 3 is 2.16 bits per heavy atom. The summed E-state index contributed by atoms with van der Waals surface area (Å²) in [5.41, 5.74) is 1.88. The first-order valence-electron chi connectivity index (χ1n) is 8.24. The fourth-order valence-electron chi connectivity index (χ4n) is 3.32. The second-order valence-corrected chi connectivity index (χ2v) is 6.15. The predicted octanol–water partition coefficient (Wildman–Crippen LogP) is 3.73. The van der Waals surface area contributed by atoms with E-state index in [1.165, 1.54) is 6.92 Å². The first-order chi connectivity index (χ1) is 12.1. The van der Waals surface area contributed by atoms with E-state index in [-0.39, 0.29) is 30.6 Å². The Hall–Kier alpha value is -2.82. The van der Waals surface area contributed by atoms with Crippen LogP contribution in [0.2, 0.25) is 0 Å². The molecule has 0 aliphatic carbocycles. The lowest BCUT2D eigenvalue weighted by atomic mass is 9.84. The van der Waals surface area contributed by atoms with Crippen molar-refractivity contribution in [1.82, 2.24) is 4.90 Å². The first-order valence-corrected chi connectivity index (χ1v) is 8.24. The Balaban J connectivity index is 2.01. The summed E-state index contributed by atoms with van der Waals surface area (Å²) < 4.78 is 11.0. The Bertz CT molecular complexity index is 732. The highest BCUT2D eigenvalue weighted by Gasteiger charge is 2.44. The van der Waals surface area contributed by atoms with Crippen LogP contribution in [0.4, 0.5) is 4.79 Å². The van der Waals surface area contributed by atoms with Crippen molar-refractivity contribution in [3.63, 3.8) is 0 Å². The molecule has 1 saturated heterocycles. The second-order valence-electron chi connectivity index (χ2n) is 6.15. The molecule has 0 N–H and O–H groups in total. The Labute approximate surface area is 147 Å². The van der Waals surface area contributed by atoms with Gasteiger partial charge in [0, 0.05) is 14.0 Å². The van der Waals surface area contributed by atoms with Crippen molar-refractivity contribution >= 4 is 12.1 Å². The summed E-state index contributed by atoms with van der Waals surface area (Å²) in [6.07, 6.45) is -0.865. The zero-order valence-electron chi connectivity index (χ0n) is 14.3. The molecule has 3 atom stereocenters. The van der Waals surface area contributed by atoms with E-state index >= 15 is 0 Å². The van der Waals surface area contributed by atoms with Crippen LogP contribution in [0.1, 0.15) is 30.2 Å². The highest BCUT2D eigenvalue weighted by Crippen LogP contribution is 2.43. The van der Waals surface area contributed by atoms with Crippen LogP contribution in [0.5, 0.6) is 0 Å². The third kappa shape index (κ3) is 3.65. The number of hydrogen-bond acceptors (Lipinski definition) is 4. The number of esters is 1. The van der Waals surface area contributed by atoms with Crippen LogP contribution in [-0.4, -0.2) is 30.6 Å². The van der Waals surface area contributed by atoms with E-state index in [2.05, 4.69) is 0 Å². The number of ether oxygens (including phenoxy) is 2. The van der Waals surface area contributed by atoms with Gasteiger partial charge < -0.3 is 14.4 Å². The third-order valence-corrected chi connectivity index (χ3v) is 4.48. The molecule has 5 heteroatoms. The highest BCUT2D eigenvalue weighted by atomic mass is 16.6. The third-order valence-electron chi connectivity index (χ3n) is 4.48. The summed E-state index contributed by atoms with van der Waals surface area (Å²) >= 11 is 0. The van der Waals surface area contributed by atoms with Gasteiger partial charge in [0.05, 0.1) is 12.0 Å². The molecule has 0 saturated carbocycles. The number of nitrogens with zero attached hydrogens (tertiary/aromatic N) is 1. The minimum absolute atomic E-state index is 0.173. The topological polar surface area (TPSA) is 55.8 Å². The Morgan fingerprint density at radius 2 is 1.60 bits per heavy atom. The lowest BCUT2D eigenvalue weighted by Gasteiger charge is -2.43. The van der Waals surface area contributed by atoms with Gasteiger partial charge >= 0.3 is 12.1 Å². The van der Waals surface area contributed by atoms with Gasteiger partial charge in [0.1, 0.15) is 12.7 Å². The smallest absolute Gasteiger partial charge is 0.410 e. The van der Waals surface area contributed by atoms with E-state index in [0.717, 1.165) is 11.1 Å². The number of benzene rings is 2. The van der Waals surface area contributed by atoms with E-state index in [4.69, 9.17) is 9.47 Å². The minimum Gasteiger partial charge on any atom is -0.465 e. The van der Waals surface area contributed by atoms with Crippen molar-refractivity contribution in [3.05, 3.63) is 71.8 Å². The standard InChI is InChI=1S/C20H21NO4/c1-14(22)24-13-17-18(15-9-5-3-6-10-15)21(2)20(23)25-19(17)16-11-7-4-8-12-16/h3-12,17-19H,13H2,1-2H3. The quantitative estimate of drug-likeness (QED) is 0.797. The SMILES string of the molecule is CC(=O)OCC1C(c2ccccc2)OC(=O)N(C)C1c1ccccc1. The molecule has 5 nitrogen and oxygen atoms in total. The van der Waals surface area contributed by atoms with E-state index in [1.807, 2.05) is 60.7 Å². The molecule has 2 aromatic carbocycles. The van der Waals surface area contributed by atoms with Gasteiger partial charge in [-0.15, -0.1) is 0 Å². The molecule has 1 fully saturated rings. The summed E-state index contributed by atoms with van der Waals surface area (Å²) in [5, 5.41) is 0. The lowest BCUT2D eigenvalue weighted by molar-refractivity contribution is -0.146. The van der Waals surface area contributed by atoms with Crippen molar-refractivity contribution < 1.29 is 19.1 Å². The normalized spacial score (nSPS) is 23.0. The maximum atomic E-state index is 12.4. The van der Waals surface area contributed by atoms with Gasteiger partial charge in [0.2, 0.25) is 0 Å². The average Bonchev–Trinajstić information content (AvgIpc) is 2.63. The van der Waals surface area contributed by atoms with Crippen LogP contribution in [0.25, 0.3) is 0 Å². The molecule has 0 radical (unpaired) electrons. The van der Waals surface area contributed by atoms with Crippen LogP contribution in [-0.2, 0) is 14.3 Å². The Morgan fingerprint density at radius 1 is 1.04 bits per heavy atom. The molecule has 1 heterocycles. The molecule has 0 spiro atoms. The Kier molecular flexibility index (Phi) is 5.03. The molecule has 130 valence electrons. The number of hydrogen-bond donors (Lipinski definition) is 0. The van der Waals surface area contributed by atoms with Gasteiger partial charge in [-0.25, -0.2) is 4.79 Å². The van der Waals surface area contributed by atoms with Crippen molar-refractivity contribution in [3.8, 4) is 0 Å². The number of rotatable bonds is 4. The molecule has 2 aromatic rings. The maximum Gasteiger partial charge on any atom is 0.410 e.